The average molecular weight is 302 g/mol. The van der Waals surface area contributed by atoms with Gasteiger partial charge in [0.2, 0.25) is 0 Å². The smallest absolute Gasteiger partial charge is 0.0959 e. The van der Waals surface area contributed by atoms with Gasteiger partial charge < -0.3 is 10.4 Å². The quantitative estimate of drug-likeness (QED) is 0.772. The van der Waals surface area contributed by atoms with Crippen molar-refractivity contribution in [2.24, 2.45) is 0 Å². The highest BCUT2D eigenvalue weighted by Gasteiger charge is 2.22. The first-order valence-electron chi connectivity index (χ1n) is 7.69. The lowest BCUT2D eigenvalue weighted by molar-refractivity contribution is 0.282. The van der Waals surface area contributed by atoms with Crippen LogP contribution < -0.4 is 5.32 Å². The number of nitrogens with one attached hydrogen (secondary N) is 1. The fraction of sp³-hybridized carbons (Fsp3) is 0.471. The molecule has 0 radical (unpaired) electrons. The number of aromatic nitrogens is 1. The van der Waals surface area contributed by atoms with Crippen LogP contribution in [0.15, 0.2) is 30.5 Å². The summed E-state index contributed by atoms with van der Waals surface area (Å²) in [5.74, 6) is 0.744. The predicted octanol–water partition coefficient (Wildman–Crippen LogP) is 3.24. The summed E-state index contributed by atoms with van der Waals surface area (Å²) < 4.78 is 0. The van der Waals surface area contributed by atoms with E-state index < -0.39 is 0 Å². The van der Waals surface area contributed by atoms with E-state index in [1.165, 1.54) is 34.7 Å². The van der Waals surface area contributed by atoms with Gasteiger partial charge in [-0.2, -0.15) is 0 Å². The average Bonchev–Trinajstić information content (AvgIpc) is 2.91. The molecule has 2 aromatic rings. The number of thiazole rings is 1. The monoisotopic (exact) mass is 302 g/mol. The van der Waals surface area contributed by atoms with Crippen LogP contribution in [0.2, 0.25) is 0 Å². The summed E-state index contributed by atoms with van der Waals surface area (Å²) in [4.78, 5) is 5.89. The van der Waals surface area contributed by atoms with Gasteiger partial charge in [-0.05, 0) is 36.9 Å². The third-order valence-electron chi connectivity index (χ3n) is 4.12. The van der Waals surface area contributed by atoms with Crippen LogP contribution in [0.5, 0.6) is 0 Å². The van der Waals surface area contributed by atoms with Crippen LogP contribution in [0, 0.1) is 0 Å². The van der Waals surface area contributed by atoms with Gasteiger partial charge in [0.05, 0.1) is 11.6 Å². The zero-order valence-corrected chi connectivity index (χ0v) is 13.0. The summed E-state index contributed by atoms with van der Waals surface area (Å²) in [5.41, 5.74) is 2.28. The molecule has 0 bridgehead atoms. The van der Waals surface area contributed by atoms with Gasteiger partial charge in [0.1, 0.15) is 0 Å². The topological polar surface area (TPSA) is 45.1 Å². The van der Waals surface area contributed by atoms with Gasteiger partial charge in [0.25, 0.3) is 0 Å². The van der Waals surface area contributed by atoms with Crippen LogP contribution in [-0.2, 0) is 19.6 Å². The van der Waals surface area contributed by atoms with Gasteiger partial charge in [0.15, 0.2) is 0 Å². The number of hydrogen-bond donors (Lipinski definition) is 2. The molecule has 0 atom stereocenters. The lowest BCUT2D eigenvalue weighted by Crippen LogP contribution is -2.15. The highest BCUT2D eigenvalue weighted by molar-refractivity contribution is 7.11. The van der Waals surface area contributed by atoms with Crippen molar-refractivity contribution in [3.05, 3.63) is 51.5 Å². The van der Waals surface area contributed by atoms with Gasteiger partial charge in [-0.25, -0.2) is 4.98 Å². The fourth-order valence-electron chi connectivity index (χ4n) is 2.50. The summed E-state index contributed by atoms with van der Waals surface area (Å²) in [5, 5.41) is 13.8. The van der Waals surface area contributed by atoms with E-state index in [2.05, 4.69) is 22.4 Å². The second-order valence-electron chi connectivity index (χ2n) is 5.69. The fourth-order valence-corrected chi connectivity index (χ4v) is 3.56. The summed E-state index contributed by atoms with van der Waals surface area (Å²) in [6.07, 6.45) is 7.06. The summed E-state index contributed by atoms with van der Waals surface area (Å²) in [6.45, 7) is 2.00. The number of aliphatic hydroxyl groups excluding tert-OH is 1. The Bertz CT molecular complexity index is 560. The Kier molecular flexibility index (Phi) is 5.01. The van der Waals surface area contributed by atoms with E-state index >= 15 is 0 Å². The van der Waals surface area contributed by atoms with Crippen molar-refractivity contribution < 1.29 is 5.11 Å². The normalized spacial score (nSPS) is 15.1. The van der Waals surface area contributed by atoms with Gasteiger partial charge in [-0.1, -0.05) is 30.7 Å². The molecule has 1 heterocycles. The molecule has 1 saturated carbocycles. The van der Waals surface area contributed by atoms with Crippen LogP contribution in [0.25, 0.3) is 0 Å². The SMILES string of the molecule is OCc1ccc(CCNCc2cnc(C3CCC3)s2)cc1. The molecule has 0 aliphatic heterocycles. The molecule has 21 heavy (non-hydrogen) atoms. The zero-order chi connectivity index (χ0) is 14.5. The molecule has 0 amide bonds. The van der Waals surface area contributed by atoms with Crippen molar-refractivity contribution >= 4 is 11.3 Å². The molecule has 1 aliphatic rings. The first kappa shape index (κ1) is 14.7. The molecular weight excluding hydrogens is 280 g/mol. The van der Waals surface area contributed by atoms with E-state index in [-0.39, 0.29) is 6.61 Å². The molecule has 1 aromatic heterocycles. The minimum atomic E-state index is 0.118. The predicted molar refractivity (Wildman–Crippen MR) is 86.5 cm³/mol. The van der Waals surface area contributed by atoms with Crippen molar-refractivity contribution in [2.45, 2.75) is 44.8 Å². The molecule has 0 saturated heterocycles. The third-order valence-corrected chi connectivity index (χ3v) is 5.28. The minimum absolute atomic E-state index is 0.118. The van der Waals surface area contributed by atoms with Crippen molar-refractivity contribution in [3.8, 4) is 0 Å². The Labute approximate surface area is 130 Å². The maximum Gasteiger partial charge on any atom is 0.0959 e. The van der Waals surface area contributed by atoms with Gasteiger partial charge in [-0.3, -0.25) is 0 Å². The Balaban J connectivity index is 1.40. The van der Waals surface area contributed by atoms with E-state index in [1.807, 2.05) is 29.7 Å². The number of benzene rings is 1. The van der Waals surface area contributed by atoms with Crippen LogP contribution >= 0.6 is 11.3 Å². The van der Waals surface area contributed by atoms with Crippen LogP contribution in [0.4, 0.5) is 0 Å². The Morgan fingerprint density at radius 2 is 1.95 bits per heavy atom. The second-order valence-corrected chi connectivity index (χ2v) is 6.84. The van der Waals surface area contributed by atoms with E-state index in [0.717, 1.165) is 31.0 Å². The maximum absolute atomic E-state index is 9.01. The van der Waals surface area contributed by atoms with Crippen molar-refractivity contribution in [2.75, 3.05) is 6.54 Å². The highest BCUT2D eigenvalue weighted by Crippen LogP contribution is 2.38. The van der Waals surface area contributed by atoms with Gasteiger partial charge in [0, 0.05) is 23.5 Å². The lowest BCUT2D eigenvalue weighted by atomic mass is 9.86. The van der Waals surface area contributed by atoms with Crippen LogP contribution in [-0.4, -0.2) is 16.6 Å². The van der Waals surface area contributed by atoms with Gasteiger partial charge in [-0.15, -0.1) is 11.3 Å². The van der Waals surface area contributed by atoms with E-state index in [1.54, 1.807) is 0 Å². The summed E-state index contributed by atoms with van der Waals surface area (Å²) in [7, 11) is 0. The minimum Gasteiger partial charge on any atom is -0.392 e. The molecule has 1 aromatic carbocycles. The Morgan fingerprint density at radius 1 is 1.19 bits per heavy atom. The Morgan fingerprint density at radius 3 is 2.62 bits per heavy atom. The molecule has 0 spiro atoms. The summed E-state index contributed by atoms with van der Waals surface area (Å²) >= 11 is 1.87. The first-order chi connectivity index (χ1) is 10.3. The van der Waals surface area contributed by atoms with Crippen LogP contribution in [0.1, 0.15) is 46.2 Å². The van der Waals surface area contributed by atoms with Crippen LogP contribution in [0.3, 0.4) is 0 Å². The number of rotatable bonds is 7. The molecule has 0 unspecified atom stereocenters. The maximum atomic E-state index is 9.01. The van der Waals surface area contributed by atoms with E-state index in [9.17, 15) is 0 Å². The summed E-state index contributed by atoms with van der Waals surface area (Å²) in [6, 6.07) is 8.16. The molecule has 3 nitrogen and oxygen atoms in total. The molecule has 1 aliphatic carbocycles. The van der Waals surface area contributed by atoms with Crippen molar-refractivity contribution in [1.29, 1.82) is 0 Å². The molecule has 2 N–H and O–H groups in total. The number of nitrogens with zero attached hydrogens (tertiary/aromatic N) is 1. The molecule has 1 fully saturated rings. The van der Waals surface area contributed by atoms with E-state index in [4.69, 9.17) is 5.11 Å². The molecular formula is C17H22N2OS. The standard InChI is InChI=1S/C17H22N2OS/c20-12-14-6-4-13(5-7-14)8-9-18-10-16-11-19-17(21-16)15-2-1-3-15/h4-7,11,15,18,20H,1-3,8-10,12H2. The number of aliphatic hydroxyl groups is 1. The molecule has 4 heteroatoms. The second kappa shape index (κ2) is 7.16. The number of hydrogen-bond acceptors (Lipinski definition) is 4. The van der Waals surface area contributed by atoms with E-state index in [0.29, 0.717) is 0 Å². The van der Waals surface area contributed by atoms with Crippen molar-refractivity contribution in [1.82, 2.24) is 10.3 Å². The van der Waals surface area contributed by atoms with Gasteiger partial charge >= 0.3 is 0 Å². The zero-order valence-electron chi connectivity index (χ0n) is 12.2. The molecule has 112 valence electrons. The first-order valence-corrected chi connectivity index (χ1v) is 8.51. The molecule has 3 rings (SSSR count). The Hall–Kier alpha value is -1.23. The van der Waals surface area contributed by atoms with Crippen molar-refractivity contribution in [3.63, 3.8) is 0 Å². The lowest BCUT2D eigenvalue weighted by Gasteiger charge is -2.22. The third kappa shape index (κ3) is 3.90. The highest BCUT2D eigenvalue weighted by atomic mass is 32.1. The largest absolute Gasteiger partial charge is 0.392 e.